The number of amides is 2. The van der Waals surface area contributed by atoms with Crippen molar-refractivity contribution in [2.24, 2.45) is 0 Å². The quantitative estimate of drug-likeness (QED) is 0.588. The summed E-state index contributed by atoms with van der Waals surface area (Å²) >= 11 is 0. The fraction of sp³-hybridized carbons (Fsp3) is 0.231. The van der Waals surface area contributed by atoms with Crippen LogP contribution in [0.25, 0.3) is 0 Å². The van der Waals surface area contributed by atoms with Crippen LogP contribution in [-0.4, -0.2) is 24.9 Å². The van der Waals surface area contributed by atoms with Gasteiger partial charge in [-0.15, -0.1) is 0 Å². The number of hydrogen-bond donors (Lipinski definition) is 2. The number of hydrogen-bond acceptors (Lipinski definition) is 2. The highest BCUT2D eigenvalue weighted by molar-refractivity contribution is 5.94. The van der Waals surface area contributed by atoms with Crippen molar-refractivity contribution < 1.29 is 9.59 Å². The molecule has 0 heterocycles. The summed E-state index contributed by atoms with van der Waals surface area (Å²) in [6.45, 7) is 6.08. The summed E-state index contributed by atoms with van der Waals surface area (Å²) in [7, 11) is 0. The summed E-state index contributed by atoms with van der Waals surface area (Å²) in [5.41, 5.74) is 1.73. The van der Waals surface area contributed by atoms with Gasteiger partial charge in [-0.2, -0.15) is 0 Å². The zero-order valence-electron chi connectivity index (χ0n) is 9.82. The monoisotopic (exact) mass is 232 g/mol. The summed E-state index contributed by atoms with van der Waals surface area (Å²) in [5.74, 6) is -0.382. The molecule has 0 aromatic heterocycles. The highest BCUT2D eigenvalue weighted by Crippen LogP contribution is 2.02. The Morgan fingerprint density at radius 2 is 1.76 bits per heavy atom. The van der Waals surface area contributed by atoms with E-state index in [1.807, 2.05) is 19.1 Å². The molecular weight excluding hydrogens is 216 g/mol. The minimum absolute atomic E-state index is 0.141. The molecular formula is C13H16N2O2. The lowest BCUT2D eigenvalue weighted by Crippen LogP contribution is -2.33. The van der Waals surface area contributed by atoms with E-state index in [4.69, 9.17) is 0 Å². The van der Waals surface area contributed by atoms with Crippen LogP contribution in [0, 0.1) is 6.92 Å². The average molecular weight is 232 g/mol. The van der Waals surface area contributed by atoms with Crippen molar-refractivity contribution in [2.45, 2.75) is 6.92 Å². The molecule has 0 spiro atoms. The first kappa shape index (κ1) is 13.0. The van der Waals surface area contributed by atoms with Crippen molar-refractivity contribution in [3.05, 3.63) is 48.0 Å². The van der Waals surface area contributed by atoms with Crippen molar-refractivity contribution in [1.82, 2.24) is 10.6 Å². The Morgan fingerprint density at radius 1 is 1.18 bits per heavy atom. The SMILES string of the molecule is C=CC(=O)NCCNC(=O)c1ccc(C)cc1. The second-order valence-electron chi connectivity index (χ2n) is 3.62. The summed E-state index contributed by atoms with van der Waals surface area (Å²) in [6.07, 6.45) is 1.20. The van der Waals surface area contributed by atoms with Crippen LogP contribution >= 0.6 is 0 Å². The van der Waals surface area contributed by atoms with Crippen LogP contribution in [0.1, 0.15) is 15.9 Å². The number of carbonyl (C=O) groups is 2. The molecule has 1 aromatic carbocycles. The lowest BCUT2D eigenvalue weighted by molar-refractivity contribution is -0.116. The second-order valence-corrected chi connectivity index (χ2v) is 3.62. The van der Waals surface area contributed by atoms with Gasteiger partial charge in [0.25, 0.3) is 5.91 Å². The molecule has 0 radical (unpaired) electrons. The van der Waals surface area contributed by atoms with E-state index >= 15 is 0 Å². The van der Waals surface area contributed by atoms with E-state index in [0.717, 1.165) is 5.56 Å². The first-order valence-electron chi connectivity index (χ1n) is 5.38. The van der Waals surface area contributed by atoms with Gasteiger partial charge in [0.2, 0.25) is 5.91 Å². The Balaban J connectivity index is 2.32. The van der Waals surface area contributed by atoms with E-state index in [2.05, 4.69) is 17.2 Å². The van der Waals surface area contributed by atoms with Crippen LogP contribution in [0.15, 0.2) is 36.9 Å². The topological polar surface area (TPSA) is 58.2 Å². The van der Waals surface area contributed by atoms with Crippen LogP contribution in [-0.2, 0) is 4.79 Å². The van der Waals surface area contributed by atoms with Gasteiger partial charge in [-0.3, -0.25) is 9.59 Å². The summed E-state index contributed by atoms with van der Waals surface area (Å²) in [6, 6.07) is 7.31. The molecule has 0 fully saturated rings. The molecule has 0 saturated heterocycles. The Bertz CT molecular complexity index is 410. The second kappa shape index (κ2) is 6.48. The minimum atomic E-state index is -0.241. The lowest BCUT2D eigenvalue weighted by Gasteiger charge is -2.05. The predicted molar refractivity (Wildman–Crippen MR) is 66.7 cm³/mol. The van der Waals surface area contributed by atoms with Crippen molar-refractivity contribution in [3.8, 4) is 0 Å². The van der Waals surface area contributed by atoms with Crippen molar-refractivity contribution >= 4 is 11.8 Å². The Kier molecular flexibility index (Phi) is 4.94. The summed E-state index contributed by atoms with van der Waals surface area (Å²) in [5, 5.41) is 5.29. The highest BCUT2D eigenvalue weighted by Gasteiger charge is 2.03. The number of rotatable bonds is 5. The van der Waals surface area contributed by atoms with Gasteiger partial charge >= 0.3 is 0 Å². The molecule has 4 nitrogen and oxygen atoms in total. The summed E-state index contributed by atoms with van der Waals surface area (Å²) < 4.78 is 0. The van der Waals surface area contributed by atoms with Gasteiger partial charge in [0.05, 0.1) is 0 Å². The van der Waals surface area contributed by atoms with E-state index in [9.17, 15) is 9.59 Å². The fourth-order valence-corrected chi connectivity index (χ4v) is 1.24. The number of benzene rings is 1. The molecule has 4 heteroatoms. The molecule has 0 aliphatic rings. The van der Waals surface area contributed by atoms with Gasteiger partial charge in [0.1, 0.15) is 0 Å². The number of nitrogens with one attached hydrogen (secondary N) is 2. The normalized spacial score (nSPS) is 9.47. The molecule has 17 heavy (non-hydrogen) atoms. The van der Waals surface area contributed by atoms with E-state index in [0.29, 0.717) is 18.7 Å². The molecule has 1 aromatic rings. The zero-order chi connectivity index (χ0) is 12.7. The van der Waals surface area contributed by atoms with Crippen molar-refractivity contribution in [3.63, 3.8) is 0 Å². The molecule has 0 bridgehead atoms. The third kappa shape index (κ3) is 4.51. The molecule has 90 valence electrons. The van der Waals surface area contributed by atoms with E-state index in [1.165, 1.54) is 6.08 Å². The average Bonchev–Trinajstić information content (AvgIpc) is 2.34. The molecule has 0 saturated carbocycles. The van der Waals surface area contributed by atoms with Gasteiger partial charge in [-0.25, -0.2) is 0 Å². The van der Waals surface area contributed by atoms with Gasteiger partial charge in [0, 0.05) is 18.7 Å². The van der Waals surface area contributed by atoms with Crippen LogP contribution in [0.4, 0.5) is 0 Å². The Labute approximate surface area is 101 Å². The molecule has 0 aliphatic carbocycles. The van der Waals surface area contributed by atoms with Gasteiger partial charge in [-0.1, -0.05) is 24.3 Å². The van der Waals surface area contributed by atoms with Crippen LogP contribution in [0.3, 0.4) is 0 Å². The van der Waals surface area contributed by atoms with Crippen molar-refractivity contribution in [2.75, 3.05) is 13.1 Å². The minimum Gasteiger partial charge on any atom is -0.351 e. The summed E-state index contributed by atoms with van der Waals surface area (Å²) in [4.78, 5) is 22.4. The van der Waals surface area contributed by atoms with Crippen LogP contribution < -0.4 is 10.6 Å². The first-order valence-corrected chi connectivity index (χ1v) is 5.38. The third-order valence-electron chi connectivity index (χ3n) is 2.21. The van der Waals surface area contributed by atoms with Gasteiger partial charge in [0.15, 0.2) is 0 Å². The standard InChI is InChI=1S/C13H16N2O2/c1-3-12(16)14-8-9-15-13(17)11-6-4-10(2)5-7-11/h3-7H,1,8-9H2,2H3,(H,14,16)(H,15,17). The van der Waals surface area contributed by atoms with Crippen LogP contribution in [0.2, 0.25) is 0 Å². The molecule has 1 rings (SSSR count). The maximum Gasteiger partial charge on any atom is 0.251 e. The Morgan fingerprint density at radius 3 is 2.35 bits per heavy atom. The maximum absolute atomic E-state index is 11.6. The van der Waals surface area contributed by atoms with Crippen LogP contribution in [0.5, 0.6) is 0 Å². The molecule has 0 atom stereocenters. The number of carbonyl (C=O) groups excluding carboxylic acids is 2. The zero-order valence-corrected chi connectivity index (χ0v) is 9.82. The largest absolute Gasteiger partial charge is 0.351 e. The maximum atomic E-state index is 11.6. The predicted octanol–water partition coefficient (Wildman–Crippen LogP) is 1.03. The number of aryl methyl sites for hydroxylation is 1. The van der Waals surface area contributed by atoms with E-state index in [1.54, 1.807) is 12.1 Å². The van der Waals surface area contributed by atoms with E-state index < -0.39 is 0 Å². The molecule has 0 aliphatic heterocycles. The smallest absolute Gasteiger partial charge is 0.251 e. The molecule has 2 amide bonds. The highest BCUT2D eigenvalue weighted by atomic mass is 16.2. The Hall–Kier alpha value is -2.10. The molecule has 2 N–H and O–H groups in total. The van der Waals surface area contributed by atoms with Gasteiger partial charge < -0.3 is 10.6 Å². The van der Waals surface area contributed by atoms with Crippen molar-refractivity contribution in [1.29, 1.82) is 0 Å². The molecule has 0 unspecified atom stereocenters. The van der Waals surface area contributed by atoms with Gasteiger partial charge in [-0.05, 0) is 25.1 Å². The lowest BCUT2D eigenvalue weighted by atomic mass is 10.1. The fourth-order valence-electron chi connectivity index (χ4n) is 1.24. The first-order chi connectivity index (χ1) is 8.13. The van der Waals surface area contributed by atoms with E-state index in [-0.39, 0.29) is 11.8 Å². The third-order valence-corrected chi connectivity index (χ3v) is 2.21.